The lowest BCUT2D eigenvalue weighted by Gasteiger charge is -2.17. The summed E-state index contributed by atoms with van der Waals surface area (Å²) in [6.45, 7) is 4.05. The molecule has 0 radical (unpaired) electrons. The summed E-state index contributed by atoms with van der Waals surface area (Å²) < 4.78 is 0. The first-order valence-electron chi connectivity index (χ1n) is 8.16. The number of nitrogens with one attached hydrogen (secondary N) is 1. The third-order valence-corrected chi connectivity index (χ3v) is 4.10. The van der Waals surface area contributed by atoms with E-state index in [-0.39, 0.29) is 11.8 Å². The van der Waals surface area contributed by atoms with Crippen LogP contribution in [-0.4, -0.2) is 18.9 Å². The molecule has 2 aromatic carbocycles. The Morgan fingerprint density at radius 1 is 0.958 bits per heavy atom. The van der Waals surface area contributed by atoms with Gasteiger partial charge >= 0.3 is 0 Å². The summed E-state index contributed by atoms with van der Waals surface area (Å²) in [5.74, 6) is -0.0476. The molecule has 0 heterocycles. The minimum Gasteiger partial charge on any atom is -0.326 e. The van der Waals surface area contributed by atoms with E-state index in [2.05, 4.69) is 5.32 Å². The van der Waals surface area contributed by atoms with E-state index in [1.54, 1.807) is 11.9 Å². The van der Waals surface area contributed by atoms with Crippen LogP contribution >= 0.6 is 0 Å². The van der Waals surface area contributed by atoms with Gasteiger partial charge in [-0.15, -0.1) is 0 Å². The Bertz CT molecular complexity index is 711. The molecule has 126 valence electrons. The van der Waals surface area contributed by atoms with E-state index in [1.807, 2.05) is 62.4 Å². The number of rotatable bonds is 6. The highest BCUT2D eigenvalue weighted by Gasteiger charge is 2.11. The maximum atomic E-state index is 12.2. The zero-order valence-electron chi connectivity index (χ0n) is 14.5. The zero-order chi connectivity index (χ0) is 17.5. The molecule has 0 aliphatic rings. The summed E-state index contributed by atoms with van der Waals surface area (Å²) in [5.41, 5.74) is 4.01. The highest BCUT2D eigenvalue weighted by molar-refractivity contribution is 5.94. The predicted molar refractivity (Wildman–Crippen MR) is 98.2 cm³/mol. The molecule has 0 saturated heterocycles. The van der Waals surface area contributed by atoms with Crippen molar-refractivity contribution in [2.45, 2.75) is 33.1 Å². The number of aryl methyl sites for hydroxylation is 2. The third-order valence-electron chi connectivity index (χ3n) is 4.10. The van der Waals surface area contributed by atoms with Gasteiger partial charge in [-0.05, 0) is 55.7 Å². The van der Waals surface area contributed by atoms with Crippen LogP contribution in [0.1, 0.15) is 30.4 Å². The van der Waals surface area contributed by atoms with Crippen molar-refractivity contribution in [2.24, 2.45) is 0 Å². The summed E-state index contributed by atoms with van der Waals surface area (Å²) in [6.07, 6.45) is 1.22. The van der Waals surface area contributed by atoms with Gasteiger partial charge in [0, 0.05) is 31.3 Å². The molecule has 24 heavy (non-hydrogen) atoms. The van der Waals surface area contributed by atoms with Crippen LogP contribution in [0, 0.1) is 13.8 Å². The van der Waals surface area contributed by atoms with Gasteiger partial charge in [0.25, 0.3) is 0 Å². The van der Waals surface area contributed by atoms with Crippen molar-refractivity contribution in [3.05, 3.63) is 59.7 Å². The molecule has 4 heteroatoms. The van der Waals surface area contributed by atoms with Crippen molar-refractivity contribution < 1.29 is 9.59 Å². The van der Waals surface area contributed by atoms with E-state index >= 15 is 0 Å². The molecule has 2 rings (SSSR count). The first-order valence-corrected chi connectivity index (χ1v) is 8.16. The van der Waals surface area contributed by atoms with E-state index in [9.17, 15) is 9.59 Å². The first-order chi connectivity index (χ1) is 11.5. The smallest absolute Gasteiger partial charge is 0.226 e. The third kappa shape index (κ3) is 4.95. The molecular weight excluding hydrogens is 300 g/mol. The number of hydrogen-bond donors (Lipinski definition) is 1. The van der Waals surface area contributed by atoms with E-state index < -0.39 is 0 Å². The molecule has 0 aliphatic heterocycles. The normalized spacial score (nSPS) is 10.3. The molecule has 0 saturated carbocycles. The highest BCUT2D eigenvalue weighted by Crippen LogP contribution is 2.16. The average Bonchev–Trinajstić information content (AvgIpc) is 2.58. The van der Waals surface area contributed by atoms with Gasteiger partial charge in [0.15, 0.2) is 0 Å². The van der Waals surface area contributed by atoms with E-state index in [0.29, 0.717) is 19.3 Å². The van der Waals surface area contributed by atoms with E-state index in [0.717, 1.165) is 16.9 Å². The van der Waals surface area contributed by atoms with Gasteiger partial charge < -0.3 is 10.2 Å². The fourth-order valence-corrected chi connectivity index (χ4v) is 2.41. The molecule has 0 aromatic heterocycles. The molecule has 0 atom stereocenters. The predicted octanol–water partition coefficient (Wildman–Crippen LogP) is 4.08. The fourth-order valence-electron chi connectivity index (χ4n) is 2.41. The highest BCUT2D eigenvalue weighted by atomic mass is 16.2. The van der Waals surface area contributed by atoms with Crippen LogP contribution in [0.5, 0.6) is 0 Å². The molecule has 2 amide bonds. The quantitative estimate of drug-likeness (QED) is 0.870. The molecule has 1 N–H and O–H groups in total. The van der Waals surface area contributed by atoms with Gasteiger partial charge in [-0.2, -0.15) is 0 Å². The van der Waals surface area contributed by atoms with Crippen LogP contribution < -0.4 is 10.2 Å². The lowest BCUT2D eigenvalue weighted by molar-refractivity contribution is -0.118. The van der Waals surface area contributed by atoms with Crippen molar-refractivity contribution >= 4 is 23.2 Å². The van der Waals surface area contributed by atoms with E-state index in [1.165, 1.54) is 5.56 Å². The molecular formula is C20H24N2O2. The van der Waals surface area contributed by atoms with Crippen molar-refractivity contribution in [2.75, 3.05) is 17.3 Å². The van der Waals surface area contributed by atoms with Gasteiger partial charge in [0.05, 0.1) is 0 Å². The summed E-state index contributed by atoms with van der Waals surface area (Å²) >= 11 is 0. The minimum absolute atomic E-state index is 0.0141. The van der Waals surface area contributed by atoms with Crippen molar-refractivity contribution in [1.29, 1.82) is 0 Å². The number of carbonyl (C=O) groups excluding carboxylic acids is 2. The molecule has 0 unspecified atom stereocenters. The number of nitrogens with zero attached hydrogens (tertiary/aromatic N) is 1. The van der Waals surface area contributed by atoms with Gasteiger partial charge in [0.1, 0.15) is 0 Å². The maximum Gasteiger partial charge on any atom is 0.226 e. The molecule has 0 bridgehead atoms. The molecule has 2 aromatic rings. The Labute approximate surface area is 143 Å². The topological polar surface area (TPSA) is 49.4 Å². The number of amides is 2. The summed E-state index contributed by atoms with van der Waals surface area (Å²) in [5, 5.41) is 2.88. The summed E-state index contributed by atoms with van der Waals surface area (Å²) in [6, 6.07) is 15.3. The number of para-hydroxylation sites is 1. The number of anilines is 2. The second-order valence-electron chi connectivity index (χ2n) is 5.99. The molecule has 0 fully saturated rings. The molecule has 0 spiro atoms. The first kappa shape index (κ1) is 17.7. The van der Waals surface area contributed by atoms with Crippen molar-refractivity contribution in [1.82, 2.24) is 0 Å². The van der Waals surface area contributed by atoms with Gasteiger partial charge in [-0.25, -0.2) is 0 Å². The fraction of sp³-hybridized carbons (Fsp3) is 0.300. The maximum absolute atomic E-state index is 12.2. The summed E-state index contributed by atoms with van der Waals surface area (Å²) in [4.78, 5) is 25.8. The lowest BCUT2D eigenvalue weighted by Crippen LogP contribution is -2.26. The van der Waals surface area contributed by atoms with Gasteiger partial charge in [-0.3, -0.25) is 9.59 Å². The summed E-state index contributed by atoms with van der Waals surface area (Å²) in [7, 11) is 1.76. The monoisotopic (exact) mass is 324 g/mol. The standard InChI is InChI=1S/C20H24N2O2/c1-15-12-13-17(14-16(15)2)21-19(23)10-7-11-20(24)22(3)18-8-5-4-6-9-18/h4-6,8-9,12-14H,7,10-11H2,1-3H3,(H,21,23). The van der Waals surface area contributed by atoms with Crippen LogP contribution in [0.25, 0.3) is 0 Å². The molecule has 0 aliphatic carbocycles. The van der Waals surface area contributed by atoms with Crippen LogP contribution in [0.2, 0.25) is 0 Å². The SMILES string of the molecule is Cc1ccc(NC(=O)CCCC(=O)N(C)c2ccccc2)cc1C. The number of benzene rings is 2. The van der Waals surface area contributed by atoms with Gasteiger partial charge in [0.2, 0.25) is 11.8 Å². The number of hydrogen-bond acceptors (Lipinski definition) is 2. The van der Waals surface area contributed by atoms with Gasteiger partial charge in [-0.1, -0.05) is 24.3 Å². The average molecular weight is 324 g/mol. The second-order valence-corrected chi connectivity index (χ2v) is 5.99. The molecule has 4 nitrogen and oxygen atoms in total. The van der Waals surface area contributed by atoms with E-state index in [4.69, 9.17) is 0 Å². The van der Waals surface area contributed by atoms with Crippen LogP contribution in [-0.2, 0) is 9.59 Å². The Kier molecular flexibility index (Phi) is 6.13. The second kappa shape index (κ2) is 8.29. The Hall–Kier alpha value is -2.62. The zero-order valence-corrected chi connectivity index (χ0v) is 14.5. The van der Waals surface area contributed by atoms with Crippen LogP contribution in [0.3, 0.4) is 0 Å². The Morgan fingerprint density at radius 2 is 1.67 bits per heavy atom. The van der Waals surface area contributed by atoms with Crippen LogP contribution in [0.15, 0.2) is 48.5 Å². The Morgan fingerprint density at radius 3 is 2.33 bits per heavy atom. The van der Waals surface area contributed by atoms with Crippen molar-refractivity contribution in [3.63, 3.8) is 0 Å². The van der Waals surface area contributed by atoms with Crippen LogP contribution in [0.4, 0.5) is 11.4 Å². The number of carbonyl (C=O) groups is 2. The van der Waals surface area contributed by atoms with Crippen molar-refractivity contribution in [3.8, 4) is 0 Å². The minimum atomic E-state index is -0.0617. The largest absolute Gasteiger partial charge is 0.326 e. The Balaban J connectivity index is 1.77. The lowest BCUT2D eigenvalue weighted by atomic mass is 10.1.